The van der Waals surface area contributed by atoms with Crippen LogP contribution in [0, 0.1) is 0 Å². The van der Waals surface area contributed by atoms with Gasteiger partial charge in [0, 0.05) is 50.0 Å². The number of amides is 2. The number of rotatable bonds is 12. The molecule has 3 aromatic rings. The highest BCUT2D eigenvalue weighted by molar-refractivity contribution is 7.09. The van der Waals surface area contributed by atoms with Crippen molar-refractivity contribution in [3.63, 3.8) is 0 Å². The molecule has 0 bridgehead atoms. The normalized spacial score (nSPS) is 13.7. The molecule has 2 aromatic carbocycles. The van der Waals surface area contributed by atoms with Gasteiger partial charge in [0.1, 0.15) is 0 Å². The third-order valence-electron chi connectivity index (χ3n) is 6.96. The number of nitrogens with one attached hydrogen (secondary N) is 3. The van der Waals surface area contributed by atoms with Crippen molar-refractivity contribution < 1.29 is 23.8 Å². The Labute approximate surface area is 243 Å². The van der Waals surface area contributed by atoms with E-state index in [0.717, 1.165) is 21.7 Å². The molecule has 1 atom stereocenters. The highest BCUT2D eigenvalue weighted by Crippen LogP contribution is 2.50. The molecule has 1 unspecified atom stereocenters. The zero-order chi connectivity index (χ0) is 29.4. The lowest BCUT2D eigenvalue weighted by Crippen LogP contribution is -2.26. The van der Waals surface area contributed by atoms with E-state index >= 15 is 0 Å². The van der Waals surface area contributed by atoms with E-state index in [2.05, 4.69) is 20.9 Å². The van der Waals surface area contributed by atoms with E-state index in [1.807, 2.05) is 17.5 Å². The molecule has 1 aliphatic rings. The first-order valence-electron chi connectivity index (χ1n) is 13.5. The third kappa shape index (κ3) is 7.15. The molecule has 0 fully saturated rings. The van der Waals surface area contributed by atoms with Gasteiger partial charge in [0.05, 0.1) is 38.1 Å². The summed E-state index contributed by atoms with van der Waals surface area (Å²) < 4.78 is 17.0. The van der Waals surface area contributed by atoms with E-state index in [9.17, 15) is 14.4 Å². The smallest absolute Gasteiger partial charge is 0.220 e. The summed E-state index contributed by atoms with van der Waals surface area (Å²) in [4.78, 5) is 41.9. The van der Waals surface area contributed by atoms with E-state index in [0.29, 0.717) is 73.7 Å². The van der Waals surface area contributed by atoms with Gasteiger partial charge in [-0.05, 0) is 54.2 Å². The first kappa shape index (κ1) is 29.9. The number of ether oxygens (including phenoxy) is 3. The van der Waals surface area contributed by atoms with Crippen LogP contribution in [0.15, 0.2) is 40.6 Å². The minimum absolute atomic E-state index is 0.0396. The molecular weight excluding hydrogens is 544 g/mol. The summed E-state index contributed by atoms with van der Waals surface area (Å²) in [6, 6.07) is 6.73. The van der Waals surface area contributed by atoms with Crippen LogP contribution in [-0.2, 0) is 22.4 Å². The maximum atomic E-state index is 13.4. The number of methoxy groups -OCH3 is 3. The average molecular weight is 581 g/mol. The Morgan fingerprint density at radius 3 is 2.56 bits per heavy atom. The van der Waals surface area contributed by atoms with Crippen LogP contribution in [0.4, 0.5) is 5.69 Å². The van der Waals surface area contributed by atoms with Crippen molar-refractivity contribution in [2.24, 2.45) is 0 Å². The van der Waals surface area contributed by atoms with Crippen molar-refractivity contribution >= 4 is 28.8 Å². The summed E-state index contributed by atoms with van der Waals surface area (Å²) in [5.41, 5.74) is 3.41. The van der Waals surface area contributed by atoms with Crippen LogP contribution < -0.4 is 35.6 Å². The molecule has 1 aliphatic carbocycles. The van der Waals surface area contributed by atoms with Crippen LogP contribution in [0.1, 0.15) is 48.4 Å². The molecule has 1 aromatic heterocycles. The van der Waals surface area contributed by atoms with Gasteiger partial charge in [0.2, 0.25) is 23.0 Å². The van der Waals surface area contributed by atoms with Crippen molar-refractivity contribution in [3.8, 4) is 28.4 Å². The molecule has 0 spiro atoms. The number of fused-ring (bicyclic) bond motifs is 3. The number of aromatic nitrogens is 1. The van der Waals surface area contributed by atoms with Crippen molar-refractivity contribution in [1.29, 1.82) is 0 Å². The van der Waals surface area contributed by atoms with Gasteiger partial charge in [0.25, 0.3) is 0 Å². The van der Waals surface area contributed by atoms with E-state index < -0.39 is 0 Å². The lowest BCUT2D eigenvalue weighted by Gasteiger charge is -2.19. The third-order valence-corrected chi connectivity index (χ3v) is 7.80. The van der Waals surface area contributed by atoms with Gasteiger partial charge in [-0.15, -0.1) is 11.3 Å². The molecule has 11 heteroatoms. The number of aryl methyl sites for hydroxylation is 1. The highest BCUT2D eigenvalue weighted by Gasteiger charge is 2.29. The second-order valence-corrected chi connectivity index (χ2v) is 10.6. The van der Waals surface area contributed by atoms with Crippen LogP contribution >= 0.6 is 11.3 Å². The zero-order valence-electron chi connectivity index (χ0n) is 23.8. The quantitative estimate of drug-likeness (QED) is 0.276. The average Bonchev–Trinajstić information content (AvgIpc) is 3.37. The monoisotopic (exact) mass is 580 g/mol. The number of thiazole rings is 1. The van der Waals surface area contributed by atoms with Gasteiger partial charge in [-0.3, -0.25) is 14.4 Å². The van der Waals surface area contributed by atoms with E-state index in [1.165, 1.54) is 6.92 Å². The maximum Gasteiger partial charge on any atom is 0.220 e. The molecule has 0 saturated carbocycles. The summed E-state index contributed by atoms with van der Waals surface area (Å²) >= 11 is 1.57. The number of carbonyl (C=O) groups is 2. The Balaban J connectivity index is 1.57. The Morgan fingerprint density at radius 1 is 1.07 bits per heavy atom. The molecule has 2 amide bonds. The number of anilines is 1. The maximum absolute atomic E-state index is 13.4. The summed E-state index contributed by atoms with van der Waals surface area (Å²) in [7, 11) is 4.69. The Kier molecular flexibility index (Phi) is 10.2. The first-order valence-corrected chi connectivity index (χ1v) is 14.4. The van der Waals surface area contributed by atoms with E-state index in [4.69, 9.17) is 14.2 Å². The molecule has 3 N–H and O–H groups in total. The molecule has 0 aliphatic heterocycles. The topological polar surface area (TPSA) is 128 Å². The highest BCUT2D eigenvalue weighted by atomic mass is 32.1. The fourth-order valence-electron chi connectivity index (χ4n) is 5.10. The van der Waals surface area contributed by atoms with Crippen LogP contribution in [0.25, 0.3) is 11.1 Å². The van der Waals surface area contributed by atoms with E-state index in [1.54, 1.807) is 51.0 Å². The van der Waals surface area contributed by atoms with Crippen LogP contribution in [0.3, 0.4) is 0 Å². The molecule has 0 radical (unpaired) electrons. The second-order valence-electron chi connectivity index (χ2n) is 9.65. The zero-order valence-corrected chi connectivity index (χ0v) is 24.6. The molecule has 0 saturated heterocycles. The lowest BCUT2D eigenvalue weighted by molar-refractivity contribution is -0.121. The van der Waals surface area contributed by atoms with Gasteiger partial charge in [-0.1, -0.05) is 6.07 Å². The molecule has 4 rings (SSSR count). The lowest BCUT2D eigenvalue weighted by atomic mass is 9.95. The minimum atomic E-state index is -0.377. The van der Waals surface area contributed by atoms with Crippen LogP contribution in [0.5, 0.6) is 17.2 Å². The van der Waals surface area contributed by atoms with Crippen molar-refractivity contribution in [1.82, 2.24) is 15.6 Å². The van der Waals surface area contributed by atoms with Crippen molar-refractivity contribution in [3.05, 3.63) is 62.2 Å². The van der Waals surface area contributed by atoms with Crippen molar-refractivity contribution in [2.75, 3.05) is 39.7 Å². The van der Waals surface area contributed by atoms with Crippen LogP contribution in [0.2, 0.25) is 0 Å². The molecule has 1 heterocycles. The number of hydrogen-bond acceptors (Lipinski definition) is 9. The van der Waals surface area contributed by atoms with Gasteiger partial charge in [-0.25, -0.2) is 4.98 Å². The van der Waals surface area contributed by atoms with Gasteiger partial charge in [0.15, 0.2) is 11.5 Å². The molecule has 10 nitrogen and oxygen atoms in total. The SMILES string of the molecule is COc1cc2c(c(OC)c1OC)-c1ccc(NCCCC(=O)NCCc3nccs3)c(=O)cc1C(NC(C)=O)CC2. The summed E-state index contributed by atoms with van der Waals surface area (Å²) in [6.45, 7) is 2.46. The number of benzene rings is 1. The largest absolute Gasteiger partial charge is 0.493 e. The summed E-state index contributed by atoms with van der Waals surface area (Å²) in [5, 5.41) is 12.0. The first-order chi connectivity index (χ1) is 19.9. The van der Waals surface area contributed by atoms with Crippen molar-refractivity contribution in [2.45, 2.75) is 45.1 Å². The Bertz CT molecular complexity index is 1440. The van der Waals surface area contributed by atoms with Gasteiger partial charge in [-0.2, -0.15) is 0 Å². The van der Waals surface area contributed by atoms with Crippen LogP contribution in [-0.4, -0.2) is 51.2 Å². The Morgan fingerprint density at radius 2 is 1.88 bits per heavy atom. The van der Waals surface area contributed by atoms with E-state index in [-0.39, 0.29) is 23.3 Å². The minimum Gasteiger partial charge on any atom is -0.493 e. The second kappa shape index (κ2) is 14.0. The fraction of sp³-hybridized carbons (Fsp3) is 0.400. The Hall–Kier alpha value is -4.12. The predicted octanol–water partition coefficient (Wildman–Crippen LogP) is 3.87. The summed E-state index contributed by atoms with van der Waals surface area (Å²) in [6.07, 6.45) is 4.57. The van der Waals surface area contributed by atoms with Gasteiger partial charge < -0.3 is 30.2 Å². The summed E-state index contributed by atoms with van der Waals surface area (Å²) in [5.74, 6) is 1.27. The van der Waals surface area contributed by atoms with Gasteiger partial charge >= 0.3 is 0 Å². The predicted molar refractivity (Wildman–Crippen MR) is 159 cm³/mol. The molecular formula is C30H36N4O6S. The number of carbonyl (C=O) groups excluding carboxylic acids is 2. The molecule has 218 valence electrons. The number of hydrogen-bond donors (Lipinski definition) is 3. The molecule has 41 heavy (non-hydrogen) atoms. The fourth-order valence-corrected chi connectivity index (χ4v) is 5.72. The number of nitrogens with zero attached hydrogens (tertiary/aromatic N) is 1. The standard InChI is InChI=1S/C30H36N4O6S/c1-18(35)34-22-9-7-19-16-25(38-2)29(39-3)30(40-4)28(19)20-8-10-23(24(36)17-21(20)22)31-12-5-6-26(37)32-13-11-27-33-14-15-41-27/h8,10,14-17,22H,5-7,9,11-13H2,1-4H3,(H,31,36)(H,32,37)(H,34,35).